The van der Waals surface area contributed by atoms with Crippen LogP contribution in [0.25, 0.3) is 0 Å². The highest BCUT2D eigenvalue weighted by Crippen LogP contribution is 2.16. The van der Waals surface area contributed by atoms with Crippen LogP contribution in [-0.2, 0) is 4.79 Å². The molecule has 0 fully saturated rings. The van der Waals surface area contributed by atoms with Gasteiger partial charge in [-0.1, -0.05) is 0 Å². The van der Waals surface area contributed by atoms with Crippen LogP contribution in [0.4, 0.5) is 16.2 Å². The molecule has 3 amide bonds. The lowest BCUT2D eigenvalue weighted by molar-refractivity contribution is -0.115. The zero-order valence-electron chi connectivity index (χ0n) is 14.2. The van der Waals surface area contributed by atoms with E-state index in [1.54, 1.807) is 55.6 Å². The van der Waals surface area contributed by atoms with E-state index in [4.69, 9.17) is 9.47 Å². The second-order valence-electron chi connectivity index (χ2n) is 5.04. The number of hydrogen-bond acceptors (Lipinski definition) is 4. The van der Waals surface area contributed by atoms with Crippen molar-refractivity contribution in [2.45, 2.75) is 6.92 Å². The van der Waals surface area contributed by atoms with E-state index in [0.29, 0.717) is 23.7 Å². The van der Waals surface area contributed by atoms with Gasteiger partial charge in [-0.05, 0) is 55.5 Å². The van der Waals surface area contributed by atoms with Crippen molar-refractivity contribution < 1.29 is 19.1 Å². The molecule has 2 aromatic rings. The van der Waals surface area contributed by atoms with E-state index in [1.807, 2.05) is 6.92 Å². The monoisotopic (exact) mass is 343 g/mol. The van der Waals surface area contributed by atoms with Crippen LogP contribution in [-0.4, -0.2) is 32.2 Å². The Bertz CT molecular complexity index is 699. The molecule has 132 valence electrons. The van der Waals surface area contributed by atoms with Gasteiger partial charge in [0.2, 0.25) is 5.91 Å². The normalized spacial score (nSPS) is 9.84. The highest BCUT2D eigenvalue weighted by molar-refractivity contribution is 5.96. The molecule has 0 radical (unpaired) electrons. The first-order valence-electron chi connectivity index (χ1n) is 7.82. The minimum atomic E-state index is -0.464. The SMILES string of the molecule is CCOc1ccc(NC(=O)NCC(=O)Nc2ccc(OC)cc2)cc1. The molecule has 0 aliphatic carbocycles. The summed E-state index contributed by atoms with van der Waals surface area (Å²) in [5.74, 6) is 1.10. The molecule has 25 heavy (non-hydrogen) atoms. The minimum Gasteiger partial charge on any atom is -0.497 e. The molecule has 0 aromatic heterocycles. The first-order chi connectivity index (χ1) is 12.1. The molecule has 7 nitrogen and oxygen atoms in total. The molecular formula is C18H21N3O4. The van der Waals surface area contributed by atoms with Gasteiger partial charge in [-0.3, -0.25) is 4.79 Å². The van der Waals surface area contributed by atoms with Crippen molar-refractivity contribution in [2.75, 3.05) is 30.9 Å². The lowest BCUT2D eigenvalue weighted by Crippen LogP contribution is -2.35. The maximum atomic E-state index is 11.8. The molecule has 2 aromatic carbocycles. The van der Waals surface area contributed by atoms with Crippen molar-refractivity contribution >= 4 is 23.3 Å². The Morgan fingerprint density at radius 3 is 2.00 bits per heavy atom. The van der Waals surface area contributed by atoms with Crippen LogP contribution in [0.3, 0.4) is 0 Å². The molecular weight excluding hydrogens is 322 g/mol. The third-order valence-electron chi connectivity index (χ3n) is 3.21. The average Bonchev–Trinajstić information content (AvgIpc) is 2.62. The topological polar surface area (TPSA) is 88.7 Å². The number of ether oxygens (including phenoxy) is 2. The summed E-state index contributed by atoms with van der Waals surface area (Å²) in [5.41, 5.74) is 1.23. The van der Waals surface area contributed by atoms with Crippen molar-refractivity contribution in [1.29, 1.82) is 0 Å². The second-order valence-corrected chi connectivity index (χ2v) is 5.04. The molecule has 0 unspecified atom stereocenters. The molecule has 0 heterocycles. The summed E-state index contributed by atoms with van der Waals surface area (Å²) in [7, 11) is 1.57. The fourth-order valence-electron chi connectivity index (χ4n) is 2.02. The quantitative estimate of drug-likeness (QED) is 0.721. The Hall–Kier alpha value is -3.22. The van der Waals surface area contributed by atoms with Gasteiger partial charge >= 0.3 is 6.03 Å². The Kier molecular flexibility index (Phi) is 6.65. The van der Waals surface area contributed by atoms with E-state index in [0.717, 1.165) is 5.75 Å². The zero-order chi connectivity index (χ0) is 18.1. The summed E-state index contributed by atoms with van der Waals surface area (Å²) >= 11 is 0. The summed E-state index contributed by atoms with van der Waals surface area (Å²) in [5, 5.41) is 7.82. The number of methoxy groups -OCH3 is 1. The highest BCUT2D eigenvalue weighted by atomic mass is 16.5. The lowest BCUT2D eigenvalue weighted by atomic mass is 10.3. The number of rotatable bonds is 7. The van der Waals surface area contributed by atoms with E-state index in [-0.39, 0.29) is 12.5 Å². The minimum absolute atomic E-state index is 0.144. The molecule has 0 atom stereocenters. The van der Waals surface area contributed by atoms with Crippen molar-refractivity contribution in [1.82, 2.24) is 5.32 Å². The maximum absolute atomic E-state index is 11.8. The smallest absolute Gasteiger partial charge is 0.319 e. The number of nitrogens with one attached hydrogen (secondary N) is 3. The predicted octanol–water partition coefficient (Wildman–Crippen LogP) is 2.85. The van der Waals surface area contributed by atoms with Crippen LogP contribution in [0.1, 0.15) is 6.92 Å². The van der Waals surface area contributed by atoms with E-state index >= 15 is 0 Å². The zero-order valence-corrected chi connectivity index (χ0v) is 14.2. The summed E-state index contributed by atoms with van der Waals surface area (Å²) in [6, 6.07) is 13.4. The molecule has 7 heteroatoms. The van der Waals surface area contributed by atoms with E-state index in [9.17, 15) is 9.59 Å². The number of amides is 3. The van der Waals surface area contributed by atoms with Crippen molar-refractivity contribution in [3.8, 4) is 11.5 Å². The first kappa shape index (κ1) is 18.1. The molecule has 2 rings (SSSR count). The number of carbonyl (C=O) groups is 2. The van der Waals surface area contributed by atoms with Gasteiger partial charge in [0.05, 0.1) is 20.3 Å². The maximum Gasteiger partial charge on any atom is 0.319 e. The Balaban J connectivity index is 1.75. The van der Waals surface area contributed by atoms with Crippen LogP contribution in [0.2, 0.25) is 0 Å². The van der Waals surface area contributed by atoms with E-state index in [2.05, 4.69) is 16.0 Å². The number of urea groups is 1. The third-order valence-corrected chi connectivity index (χ3v) is 3.21. The fourth-order valence-corrected chi connectivity index (χ4v) is 2.02. The first-order valence-corrected chi connectivity index (χ1v) is 7.82. The van der Waals surface area contributed by atoms with Crippen molar-refractivity contribution in [2.24, 2.45) is 0 Å². The van der Waals surface area contributed by atoms with E-state index in [1.165, 1.54) is 0 Å². The molecule has 3 N–H and O–H groups in total. The lowest BCUT2D eigenvalue weighted by Gasteiger charge is -2.09. The Morgan fingerprint density at radius 1 is 0.880 bits per heavy atom. The van der Waals surface area contributed by atoms with Gasteiger partial charge in [0.25, 0.3) is 0 Å². The number of benzene rings is 2. The van der Waals surface area contributed by atoms with Crippen LogP contribution >= 0.6 is 0 Å². The van der Waals surface area contributed by atoms with Gasteiger partial charge in [0.15, 0.2) is 0 Å². The van der Waals surface area contributed by atoms with Gasteiger partial charge in [-0.2, -0.15) is 0 Å². The largest absolute Gasteiger partial charge is 0.497 e. The van der Waals surface area contributed by atoms with Gasteiger partial charge in [-0.25, -0.2) is 4.79 Å². The number of anilines is 2. The number of hydrogen-bond donors (Lipinski definition) is 3. The Labute approximate surface area is 146 Å². The summed E-state index contributed by atoms with van der Waals surface area (Å²) in [6.07, 6.45) is 0. The summed E-state index contributed by atoms with van der Waals surface area (Å²) < 4.78 is 10.4. The predicted molar refractivity (Wildman–Crippen MR) is 96.3 cm³/mol. The van der Waals surface area contributed by atoms with Gasteiger partial charge in [0, 0.05) is 11.4 Å². The van der Waals surface area contributed by atoms with Crippen LogP contribution in [0.15, 0.2) is 48.5 Å². The standard InChI is InChI=1S/C18H21N3O4/c1-3-25-16-10-6-14(7-11-16)21-18(23)19-12-17(22)20-13-4-8-15(24-2)9-5-13/h4-11H,3,12H2,1-2H3,(H,20,22)(H2,19,21,23). The molecule has 0 bridgehead atoms. The molecule has 0 saturated carbocycles. The third kappa shape index (κ3) is 6.06. The molecule has 0 saturated heterocycles. The molecule has 0 aliphatic rings. The molecule has 0 aliphatic heterocycles. The van der Waals surface area contributed by atoms with Crippen LogP contribution in [0, 0.1) is 0 Å². The van der Waals surface area contributed by atoms with Gasteiger partial charge < -0.3 is 25.4 Å². The fraction of sp³-hybridized carbons (Fsp3) is 0.222. The molecule has 0 spiro atoms. The van der Waals surface area contributed by atoms with Crippen LogP contribution < -0.4 is 25.4 Å². The van der Waals surface area contributed by atoms with Gasteiger partial charge in [0.1, 0.15) is 11.5 Å². The van der Waals surface area contributed by atoms with Gasteiger partial charge in [-0.15, -0.1) is 0 Å². The van der Waals surface area contributed by atoms with E-state index < -0.39 is 6.03 Å². The second kappa shape index (κ2) is 9.17. The highest BCUT2D eigenvalue weighted by Gasteiger charge is 2.06. The summed E-state index contributed by atoms with van der Waals surface area (Å²) in [6.45, 7) is 2.34. The Morgan fingerprint density at radius 2 is 1.44 bits per heavy atom. The van der Waals surface area contributed by atoms with Crippen molar-refractivity contribution in [3.05, 3.63) is 48.5 Å². The van der Waals surface area contributed by atoms with Crippen molar-refractivity contribution in [3.63, 3.8) is 0 Å². The number of carbonyl (C=O) groups excluding carboxylic acids is 2. The van der Waals surface area contributed by atoms with Crippen LogP contribution in [0.5, 0.6) is 11.5 Å². The average molecular weight is 343 g/mol. The summed E-state index contributed by atoms with van der Waals surface area (Å²) in [4.78, 5) is 23.7.